The Labute approximate surface area is 102 Å². The van der Waals surface area contributed by atoms with E-state index >= 15 is 0 Å². The summed E-state index contributed by atoms with van der Waals surface area (Å²) in [5.74, 6) is 0.599. The average Bonchev–Trinajstić information content (AvgIpc) is 2.70. The van der Waals surface area contributed by atoms with E-state index in [9.17, 15) is 0 Å². The fraction of sp³-hybridized carbons (Fsp3) is 0.300. The fourth-order valence-corrected chi connectivity index (χ4v) is 1.62. The summed E-state index contributed by atoms with van der Waals surface area (Å²) in [6, 6.07) is 5.56. The molecule has 0 spiro atoms. The Balaban J connectivity index is 1.94. The van der Waals surface area contributed by atoms with Gasteiger partial charge in [0.1, 0.15) is 23.4 Å². The second kappa shape index (κ2) is 5.07. The van der Waals surface area contributed by atoms with Crippen LogP contribution in [-0.4, -0.2) is 25.9 Å². The Kier molecular flexibility index (Phi) is 3.51. The van der Waals surface area contributed by atoms with Crippen molar-refractivity contribution in [2.24, 2.45) is 0 Å². The Bertz CT molecular complexity index is 446. The number of hydrogen-bond donors (Lipinski definition) is 0. The average molecular weight is 283 g/mol. The van der Waals surface area contributed by atoms with Gasteiger partial charge in [0, 0.05) is 6.07 Å². The minimum absolute atomic E-state index is 0.0106. The number of nitrogens with zero attached hydrogens (tertiary/aromatic N) is 4. The third kappa shape index (κ3) is 3.03. The van der Waals surface area contributed by atoms with Crippen LogP contribution in [-0.2, 0) is 6.54 Å². The van der Waals surface area contributed by atoms with Crippen LogP contribution in [0.4, 0.5) is 0 Å². The van der Waals surface area contributed by atoms with Gasteiger partial charge in [-0.2, -0.15) is 5.10 Å². The van der Waals surface area contributed by atoms with Crippen LogP contribution in [0.2, 0.25) is 0 Å². The molecule has 0 amide bonds. The molecule has 5 nitrogen and oxygen atoms in total. The van der Waals surface area contributed by atoms with Crippen LogP contribution in [0.15, 0.2) is 35.5 Å². The van der Waals surface area contributed by atoms with Gasteiger partial charge in [-0.3, -0.25) is 0 Å². The Morgan fingerprint density at radius 1 is 1.50 bits per heavy atom. The molecule has 2 heterocycles. The van der Waals surface area contributed by atoms with Crippen LogP contribution in [0.5, 0.6) is 5.88 Å². The summed E-state index contributed by atoms with van der Waals surface area (Å²) in [4.78, 5) is 8.06. The molecule has 0 fully saturated rings. The smallest absolute Gasteiger partial charge is 0.214 e. The second-order valence-corrected chi connectivity index (χ2v) is 4.16. The molecule has 2 rings (SSSR count). The molecular weight excluding hydrogens is 272 g/mol. The zero-order valence-electron chi connectivity index (χ0n) is 8.75. The highest BCUT2D eigenvalue weighted by molar-refractivity contribution is 9.10. The predicted octanol–water partition coefficient (Wildman–Crippen LogP) is 1.90. The number of hydrogen-bond acceptors (Lipinski definition) is 4. The normalized spacial score (nSPS) is 12.4. The third-order valence-electron chi connectivity index (χ3n) is 1.92. The molecule has 0 N–H and O–H groups in total. The fourth-order valence-electron chi connectivity index (χ4n) is 1.29. The van der Waals surface area contributed by atoms with Crippen molar-refractivity contribution in [1.29, 1.82) is 0 Å². The first-order chi connectivity index (χ1) is 7.74. The molecule has 0 saturated heterocycles. The number of rotatable bonds is 4. The highest BCUT2D eigenvalue weighted by atomic mass is 79.9. The van der Waals surface area contributed by atoms with Gasteiger partial charge in [0.2, 0.25) is 5.88 Å². The van der Waals surface area contributed by atoms with Crippen LogP contribution in [0.1, 0.15) is 6.92 Å². The lowest BCUT2D eigenvalue weighted by Crippen LogP contribution is -2.20. The molecule has 0 aromatic carbocycles. The lowest BCUT2D eigenvalue weighted by molar-refractivity contribution is 0.186. The first-order valence-electron chi connectivity index (χ1n) is 4.85. The van der Waals surface area contributed by atoms with E-state index in [0.29, 0.717) is 12.4 Å². The predicted molar refractivity (Wildman–Crippen MR) is 62.0 cm³/mol. The van der Waals surface area contributed by atoms with Gasteiger partial charge in [0.25, 0.3) is 0 Å². The number of halogens is 1. The van der Waals surface area contributed by atoms with Crippen molar-refractivity contribution in [2.75, 3.05) is 0 Å². The zero-order chi connectivity index (χ0) is 11.4. The molecule has 0 aliphatic heterocycles. The summed E-state index contributed by atoms with van der Waals surface area (Å²) in [7, 11) is 0. The van der Waals surface area contributed by atoms with E-state index in [1.165, 1.54) is 6.33 Å². The molecule has 16 heavy (non-hydrogen) atoms. The van der Waals surface area contributed by atoms with Crippen molar-refractivity contribution in [2.45, 2.75) is 19.6 Å². The molecular formula is C10H11BrN4O. The molecule has 1 unspecified atom stereocenters. The van der Waals surface area contributed by atoms with Crippen LogP contribution in [0, 0.1) is 0 Å². The summed E-state index contributed by atoms with van der Waals surface area (Å²) in [6.07, 6.45) is 3.15. The van der Waals surface area contributed by atoms with E-state index in [4.69, 9.17) is 4.74 Å². The molecule has 0 radical (unpaired) electrons. The number of ether oxygens (including phenoxy) is 1. The highest BCUT2D eigenvalue weighted by Gasteiger charge is 2.06. The Hall–Kier alpha value is -1.43. The third-order valence-corrected chi connectivity index (χ3v) is 2.36. The molecule has 0 aliphatic rings. The van der Waals surface area contributed by atoms with Crippen LogP contribution in [0.3, 0.4) is 0 Å². The van der Waals surface area contributed by atoms with Crippen molar-refractivity contribution in [3.05, 3.63) is 35.5 Å². The zero-order valence-corrected chi connectivity index (χ0v) is 10.3. The van der Waals surface area contributed by atoms with Gasteiger partial charge in [-0.05, 0) is 28.9 Å². The van der Waals surface area contributed by atoms with Gasteiger partial charge in [0.15, 0.2) is 0 Å². The van der Waals surface area contributed by atoms with Crippen LogP contribution in [0.25, 0.3) is 0 Å². The molecule has 2 aromatic heterocycles. The number of aromatic nitrogens is 4. The highest BCUT2D eigenvalue weighted by Crippen LogP contribution is 2.13. The van der Waals surface area contributed by atoms with E-state index < -0.39 is 0 Å². The molecule has 6 heteroatoms. The summed E-state index contributed by atoms with van der Waals surface area (Å²) in [5, 5.41) is 4.01. The molecule has 84 valence electrons. The van der Waals surface area contributed by atoms with Gasteiger partial charge >= 0.3 is 0 Å². The summed E-state index contributed by atoms with van der Waals surface area (Å²) < 4.78 is 8.13. The van der Waals surface area contributed by atoms with Gasteiger partial charge in [-0.15, -0.1) is 0 Å². The maximum atomic E-state index is 5.64. The van der Waals surface area contributed by atoms with E-state index in [1.807, 2.05) is 25.1 Å². The van der Waals surface area contributed by atoms with E-state index in [2.05, 4.69) is 31.0 Å². The lowest BCUT2D eigenvalue weighted by atomic mass is 10.4. The van der Waals surface area contributed by atoms with Crippen LogP contribution < -0.4 is 4.74 Å². The molecule has 0 bridgehead atoms. The summed E-state index contributed by atoms with van der Waals surface area (Å²) in [5.41, 5.74) is 0. The van der Waals surface area contributed by atoms with Crippen LogP contribution >= 0.6 is 15.9 Å². The van der Waals surface area contributed by atoms with E-state index in [0.717, 1.165) is 4.60 Å². The Morgan fingerprint density at radius 3 is 3.06 bits per heavy atom. The quantitative estimate of drug-likeness (QED) is 0.804. The minimum Gasteiger partial charge on any atom is -0.473 e. The second-order valence-electron chi connectivity index (χ2n) is 3.34. The van der Waals surface area contributed by atoms with Crippen molar-refractivity contribution in [3.63, 3.8) is 0 Å². The lowest BCUT2D eigenvalue weighted by Gasteiger charge is -2.13. The molecule has 0 aliphatic carbocycles. The van der Waals surface area contributed by atoms with Gasteiger partial charge in [-0.1, -0.05) is 6.07 Å². The first-order valence-corrected chi connectivity index (χ1v) is 5.65. The Morgan fingerprint density at radius 2 is 2.38 bits per heavy atom. The maximum Gasteiger partial charge on any atom is 0.214 e. The SMILES string of the molecule is CC(Cn1cncn1)Oc1cccc(Br)n1. The van der Waals surface area contributed by atoms with E-state index in [1.54, 1.807) is 11.0 Å². The van der Waals surface area contributed by atoms with Crippen molar-refractivity contribution >= 4 is 15.9 Å². The minimum atomic E-state index is -0.0106. The van der Waals surface area contributed by atoms with Crippen molar-refractivity contribution in [3.8, 4) is 5.88 Å². The molecule has 1 atom stereocenters. The standard InChI is InChI=1S/C10H11BrN4O/c1-8(5-15-7-12-6-13-15)16-10-4-2-3-9(11)14-10/h2-4,6-8H,5H2,1H3. The molecule has 2 aromatic rings. The van der Waals surface area contributed by atoms with E-state index in [-0.39, 0.29) is 6.10 Å². The largest absolute Gasteiger partial charge is 0.473 e. The summed E-state index contributed by atoms with van der Waals surface area (Å²) >= 11 is 3.29. The number of pyridine rings is 1. The van der Waals surface area contributed by atoms with Crippen molar-refractivity contribution in [1.82, 2.24) is 19.7 Å². The van der Waals surface area contributed by atoms with Gasteiger partial charge in [-0.25, -0.2) is 14.6 Å². The maximum absolute atomic E-state index is 5.64. The first kappa shape index (κ1) is 11.1. The monoisotopic (exact) mass is 282 g/mol. The summed E-state index contributed by atoms with van der Waals surface area (Å²) in [6.45, 7) is 2.61. The topological polar surface area (TPSA) is 52.8 Å². The van der Waals surface area contributed by atoms with Gasteiger partial charge < -0.3 is 4.74 Å². The molecule has 0 saturated carbocycles. The van der Waals surface area contributed by atoms with Crippen molar-refractivity contribution < 1.29 is 4.74 Å². The van der Waals surface area contributed by atoms with Gasteiger partial charge in [0.05, 0.1) is 6.54 Å².